The highest BCUT2D eigenvalue weighted by Gasteiger charge is 2.35. The van der Waals surface area contributed by atoms with Crippen molar-refractivity contribution in [2.24, 2.45) is 0 Å². The number of unbranched alkanes of at least 4 members (excludes halogenated alkanes) is 1. The van der Waals surface area contributed by atoms with Gasteiger partial charge in [0.2, 0.25) is 11.8 Å². The lowest BCUT2D eigenvalue weighted by Gasteiger charge is -2.34. The summed E-state index contributed by atoms with van der Waals surface area (Å²) in [5.41, 5.74) is 1.55. The van der Waals surface area contributed by atoms with Gasteiger partial charge >= 0.3 is 0 Å². The van der Waals surface area contributed by atoms with Crippen molar-refractivity contribution in [3.8, 4) is 5.75 Å². The number of para-hydroxylation sites is 2. The lowest BCUT2D eigenvalue weighted by Crippen LogP contribution is -2.52. The molecule has 0 unspecified atom stereocenters. The summed E-state index contributed by atoms with van der Waals surface area (Å²) >= 11 is 13.0. The van der Waals surface area contributed by atoms with E-state index < -0.39 is 28.5 Å². The van der Waals surface area contributed by atoms with Crippen molar-refractivity contribution in [2.75, 3.05) is 24.0 Å². The molecule has 11 heteroatoms. The summed E-state index contributed by atoms with van der Waals surface area (Å²) in [6.45, 7) is 7.51. The van der Waals surface area contributed by atoms with Crippen molar-refractivity contribution in [1.82, 2.24) is 10.2 Å². The molecule has 8 nitrogen and oxygen atoms in total. The van der Waals surface area contributed by atoms with E-state index in [1.165, 1.54) is 17.0 Å². The van der Waals surface area contributed by atoms with E-state index in [9.17, 15) is 18.0 Å². The molecule has 1 N–H and O–H groups in total. The first-order chi connectivity index (χ1) is 20.5. The molecular formula is C32H39Cl2N3O5S. The van der Waals surface area contributed by atoms with Crippen LogP contribution in [0, 0.1) is 6.92 Å². The minimum absolute atomic E-state index is 0.0160. The lowest BCUT2D eigenvalue weighted by molar-refractivity contribution is -0.140. The Hall–Kier alpha value is -3.27. The van der Waals surface area contributed by atoms with Crippen molar-refractivity contribution >= 4 is 50.7 Å². The zero-order chi connectivity index (χ0) is 31.6. The summed E-state index contributed by atoms with van der Waals surface area (Å²) in [7, 11) is -4.25. The van der Waals surface area contributed by atoms with E-state index in [2.05, 4.69) is 5.32 Å². The lowest BCUT2D eigenvalue weighted by atomic mass is 10.1. The van der Waals surface area contributed by atoms with Crippen LogP contribution in [0.2, 0.25) is 10.0 Å². The molecular weight excluding hydrogens is 609 g/mol. The van der Waals surface area contributed by atoms with Gasteiger partial charge in [0.15, 0.2) is 0 Å². The Kier molecular flexibility index (Phi) is 12.7. The van der Waals surface area contributed by atoms with Gasteiger partial charge in [0.05, 0.1) is 17.2 Å². The number of nitrogens with one attached hydrogen (secondary N) is 1. The smallest absolute Gasteiger partial charge is 0.264 e. The molecule has 0 aromatic heterocycles. The fourth-order valence-electron chi connectivity index (χ4n) is 4.57. The Morgan fingerprint density at radius 1 is 0.930 bits per heavy atom. The fraction of sp³-hybridized carbons (Fsp3) is 0.375. The standard InChI is InChI=1S/C32H39Cl2N3O5S/c1-5-8-20-35-32(39)28(6-2)36(21-25-26(33)12-11-13-27(25)34)31(38)22-37(29-14-9-10-15-30(29)42-7-3)43(40,41)24-18-16-23(4)17-19-24/h9-19,28H,5-8,20-22H2,1-4H3,(H,35,39)/t28-/m0/s1. The van der Waals surface area contributed by atoms with E-state index in [1.807, 2.05) is 13.8 Å². The topological polar surface area (TPSA) is 96.0 Å². The molecule has 0 spiro atoms. The molecule has 0 aliphatic heterocycles. The molecule has 232 valence electrons. The molecule has 3 aromatic rings. The first-order valence-corrected chi connectivity index (χ1v) is 16.6. The number of carbonyl (C=O) groups excluding carboxylic acids is 2. The molecule has 0 radical (unpaired) electrons. The first-order valence-electron chi connectivity index (χ1n) is 14.4. The Balaban J connectivity index is 2.12. The predicted molar refractivity (Wildman–Crippen MR) is 172 cm³/mol. The minimum Gasteiger partial charge on any atom is -0.492 e. The second-order valence-corrected chi connectivity index (χ2v) is 12.7. The Bertz CT molecular complexity index is 1480. The number of hydrogen-bond donors (Lipinski definition) is 1. The third-order valence-corrected chi connectivity index (χ3v) is 9.41. The van der Waals surface area contributed by atoms with E-state index in [1.54, 1.807) is 68.4 Å². The predicted octanol–water partition coefficient (Wildman–Crippen LogP) is 6.62. The first kappa shape index (κ1) is 34.2. The molecule has 2 amide bonds. The third-order valence-electron chi connectivity index (χ3n) is 6.93. The van der Waals surface area contributed by atoms with Crippen molar-refractivity contribution in [2.45, 2.75) is 64.4 Å². The van der Waals surface area contributed by atoms with E-state index >= 15 is 0 Å². The van der Waals surface area contributed by atoms with Crippen molar-refractivity contribution in [3.63, 3.8) is 0 Å². The van der Waals surface area contributed by atoms with Gasteiger partial charge in [-0.25, -0.2) is 8.42 Å². The van der Waals surface area contributed by atoms with Crippen LogP contribution in [0.5, 0.6) is 5.75 Å². The summed E-state index contributed by atoms with van der Waals surface area (Å²) < 4.78 is 35.1. The van der Waals surface area contributed by atoms with E-state index in [4.69, 9.17) is 27.9 Å². The van der Waals surface area contributed by atoms with Crippen molar-refractivity contribution in [3.05, 3.63) is 87.9 Å². The maximum Gasteiger partial charge on any atom is 0.264 e. The molecule has 0 aliphatic rings. The van der Waals surface area contributed by atoms with Gasteiger partial charge in [0, 0.05) is 28.7 Å². The number of sulfonamides is 1. The van der Waals surface area contributed by atoms with Gasteiger partial charge in [-0.05, 0) is 63.1 Å². The molecule has 43 heavy (non-hydrogen) atoms. The molecule has 3 aromatic carbocycles. The molecule has 1 atom stereocenters. The van der Waals surface area contributed by atoms with Gasteiger partial charge in [-0.15, -0.1) is 0 Å². The summed E-state index contributed by atoms with van der Waals surface area (Å²) in [5, 5.41) is 3.57. The second kappa shape index (κ2) is 16.0. The average Bonchev–Trinajstić information content (AvgIpc) is 2.98. The Morgan fingerprint density at radius 3 is 2.19 bits per heavy atom. The number of carbonyl (C=O) groups is 2. The molecule has 0 heterocycles. The largest absolute Gasteiger partial charge is 0.492 e. The Morgan fingerprint density at radius 2 is 1.58 bits per heavy atom. The number of hydrogen-bond acceptors (Lipinski definition) is 5. The number of aryl methyl sites for hydroxylation is 1. The van der Waals surface area contributed by atoms with Crippen LogP contribution in [0.15, 0.2) is 71.6 Å². The number of ether oxygens (including phenoxy) is 1. The van der Waals surface area contributed by atoms with E-state index in [0.29, 0.717) is 27.9 Å². The van der Waals surface area contributed by atoms with E-state index in [0.717, 1.165) is 22.7 Å². The highest BCUT2D eigenvalue weighted by atomic mass is 35.5. The molecule has 0 saturated heterocycles. The van der Waals surface area contributed by atoms with Crippen LogP contribution >= 0.6 is 23.2 Å². The third kappa shape index (κ3) is 8.65. The number of rotatable bonds is 15. The molecule has 0 fully saturated rings. The maximum atomic E-state index is 14.3. The molecule has 3 rings (SSSR count). The molecule has 0 bridgehead atoms. The van der Waals surface area contributed by atoms with Crippen LogP contribution in [0.4, 0.5) is 5.69 Å². The van der Waals surface area contributed by atoms with Gasteiger partial charge in [-0.1, -0.05) is 79.4 Å². The van der Waals surface area contributed by atoms with Gasteiger partial charge in [0.25, 0.3) is 10.0 Å². The van der Waals surface area contributed by atoms with Crippen LogP contribution in [0.3, 0.4) is 0 Å². The zero-order valence-corrected chi connectivity index (χ0v) is 27.3. The number of amides is 2. The number of nitrogens with zero attached hydrogens (tertiary/aromatic N) is 2. The van der Waals surface area contributed by atoms with Crippen LogP contribution in [-0.2, 0) is 26.2 Å². The molecule has 0 aliphatic carbocycles. The Labute approximate surface area is 265 Å². The monoisotopic (exact) mass is 647 g/mol. The van der Waals surface area contributed by atoms with Gasteiger partial charge in [-0.3, -0.25) is 13.9 Å². The second-order valence-electron chi connectivity index (χ2n) is 10.0. The molecule has 0 saturated carbocycles. The zero-order valence-electron chi connectivity index (χ0n) is 25.0. The minimum atomic E-state index is -4.25. The summed E-state index contributed by atoms with van der Waals surface area (Å²) in [5.74, 6) is -0.635. The highest BCUT2D eigenvalue weighted by Crippen LogP contribution is 2.33. The van der Waals surface area contributed by atoms with Gasteiger partial charge in [-0.2, -0.15) is 0 Å². The van der Waals surface area contributed by atoms with Crippen LogP contribution in [0.25, 0.3) is 0 Å². The summed E-state index contributed by atoms with van der Waals surface area (Å²) in [6.07, 6.45) is 1.95. The van der Waals surface area contributed by atoms with Crippen molar-refractivity contribution < 1.29 is 22.7 Å². The summed E-state index contributed by atoms with van der Waals surface area (Å²) in [4.78, 5) is 29.1. The van der Waals surface area contributed by atoms with Gasteiger partial charge in [0.1, 0.15) is 18.3 Å². The van der Waals surface area contributed by atoms with Crippen LogP contribution < -0.4 is 14.4 Å². The number of anilines is 1. The van der Waals surface area contributed by atoms with E-state index in [-0.39, 0.29) is 36.1 Å². The highest BCUT2D eigenvalue weighted by molar-refractivity contribution is 7.92. The number of halogens is 2. The van der Waals surface area contributed by atoms with Crippen molar-refractivity contribution in [1.29, 1.82) is 0 Å². The average molecular weight is 649 g/mol. The van der Waals surface area contributed by atoms with Crippen LogP contribution in [-0.4, -0.2) is 50.9 Å². The maximum absolute atomic E-state index is 14.3. The quantitative estimate of drug-likeness (QED) is 0.187. The van der Waals surface area contributed by atoms with Gasteiger partial charge < -0.3 is 15.0 Å². The van der Waals surface area contributed by atoms with Crippen LogP contribution in [0.1, 0.15) is 51.2 Å². The normalized spacial score (nSPS) is 12.0. The summed E-state index contributed by atoms with van der Waals surface area (Å²) in [6, 6.07) is 17.1. The number of benzene rings is 3. The fourth-order valence-corrected chi connectivity index (χ4v) is 6.51. The SMILES string of the molecule is CCCCNC(=O)[C@H](CC)N(Cc1c(Cl)cccc1Cl)C(=O)CN(c1ccccc1OCC)S(=O)(=O)c1ccc(C)cc1.